The van der Waals surface area contributed by atoms with Gasteiger partial charge in [-0.25, -0.2) is 0 Å². The van der Waals surface area contributed by atoms with Crippen LogP contribution in [0.25, 0.3) is 0 Å². The van der Waals surface area contributed by atoms with Gasteiger partial charge in [-0.3, -0.25) is 4.79 Å². The van der Waals surface area contributed by atoms with Gasteiger partial charge in [0.25, 0.3) is 0 Å². The lowest BCUT2D eigenvalue weighted by molar-refractivity contribution is -0.130. The van der Waals surface area contributed by atoms with E-state index < -0.39 is 0 Å². The fourth-order valence-corrected chi connectivity index (χ4v) is 11.3. The van der Waals surface area contributed by atoms with Gasteiger partial charge in [-0.1, -0.05) is 43.7 Å². The molecule has 6 atom stereocenters. The maximum Gasteiger partial charge on any atom is 0.144 e. The topological polar surface area (TPSA) is 17.1 Å². The van der Waals surface area contributed by atoms with Gasteiger partial charge in [0.1, 0.15) is 22.0 Å². The number of fused-ring (bicyclic) bond motifs is 4. The smallest absolute Gasteiger partial charge is 0.144 e. The molecule has 0 spiro atoms. The lowest BCUT2D eigenvalue weighted by atomic mass is 9.64. The van der Waals surface area contributed by atoms with Crippen molar-refractivity contribution in [2.45, 2.75) is 75.5 Å². The zero-order valence-electron chi connectivity index (χ0n) is 15.9. The summed E-state index contributed by atoms with van der Waals surface area (Å²) in [6.45, 7) is 7.05. The summed E-state index contributed by atoms with van der Waals surface area (Å²) in [5, 5.41) is 1.58. The third-order valence-electron chi connectivity index (χ3n) is 8.53. The van der Waals surface area contributed by atoms with Gasteiger partial charge in [0, 0.05) is 24.3 Å². The monoisotopic (exact) mass is 355 g/mol. The van der Waals surface area contributed by atoms with Crippen molar-refractivity contribution in [2.24, 2.45) is 22.7 Å². The van der Waals surface area contributed by atoms with E-state index in [9.17, 15) is 4.79 Å². The van der Waals surface area contributed by atoms with E-state index in [0.29, 0.717) is 27.8 Å². The Labute approximate surface area is 155 Å². The molecule has 25 heavy (non-hydrogen) atoms. The van der Waals surface area contributed by atoms with Gasteiger partial charge in [0.05, 0.1) is 5.41 Å². The van der Waals surface area contributed by atoms with E-state index in [2.05, 4.69) is 45.0 Å². The van der Waals surface area contributed by atoms with E-state index in [1.807, 2.05) is 0 Å². The Morgan fingerprint density at radius 3 is 2.52 bits per heavy atom. The number of rotatable bonds is 3. The van der Waals surface area contributed by atoms with Crippen molar-refractivity contribution in [1.82, 2.24) is 0 Å². The van der Waals surface area contributed by atoms with Gasteiger partial charge in [-0.2, -0.15) is 0 Å². The molecule has 1 heterocycles. The first-order valence-corrected chi connectivity index (χ1v) is 11.7. The van der Waals surface area contributed by atoms with Crippen LogP contribution in [0.4, 0.5) is 0 Å². The van der Waals surface area contributed by atoms with Crippen molar-refractivity contribution in [3.8, 4) is 0 Å². The zero-order valence-corrected chi connectivity index (χ0v) is 16.7. The third-order valence-corrected chi connectivity index (χ3v) is 11.9. The van der Waals surface area contributed by atoms with Crippen molar-refractivity contribution < 1.29 is 4.79 Å². The molecule has 2 heteroatoms. The van der Waals surface area contributed by atoms with Crippen molar-refractivity contribution in [1.29, 1.82) is 0 Å². The lowest BCUT2D eigenvalue weighted by Gasteiger charge is -2.43. The number of aryl methyl sites for hydroxylation is 1. The average molecular weight is 356 g/mol. The standard InChI is InChI=1S/C23H31OS/c1-15-4-6-16(7-5-15)14-25-19-9-8-17(12-19)21(25)23-11-10-18(13-20(23)24)22(23,2)3/h4-7,17-19,21H,8-14H2,1-3H3/q+1/t17-,18-,19+,21+,23+,25?/m1/s1. The molecule has 0 aromatic heterocycles. The summed E-state index contributed by atoms with van der Waals surface area (Å²) < 4.78 is 0. The largest absolute Gasteiger partial charge is 0.299 e. The molecule has 1 unspecified atom stereocenters. The van der Waals surface area contributed by atoms with E-state index in [0.717, 1.165) is 17.6 Å². The molecule has 0 amide bonds. The van der Waals surface area contributed by atoms with Gasteiger partial charge in [-0.15, -0.1) is 0 Å². The molecule has 0 radical (unpaired) electrons. The number of benzene rings is 1. The molecule has 1 aromatic carbocycles. The molecule has 1 saturated heterocycles. The second-order valence-corrected chi connectivity index (χ2v) is 12.2. The van der Waals surface area contributed by atoms with Gasteiger partial charge in [-0.05, 0) is 54.8 Å². The summed E-state index contributed by atoms with van der Waals surface area (Å²) in [6.07, 6.45) is 7.59. The molecule has 4 bridgehead atoms. The highest BCUT2D eigenvalue weighted by Crippen LogP contribution is 2.70. The first-order valence-electron chi connectivity index (χ1n) is 10.2. The van der Waals surface area contributed by atoms with Gasteiger partial charge in [0.2, 0.25) is 0 Å². The summed E-state index contributed by atoms with van der Waals surface area (Å²) in [4.78, 5) is 13.3. The number of carbonyl (C=O) groups is 1. The van der Waals surface area contributed by atoms with Crippen LogP contribution in [-0.2, 0) is 21.4 Å². The van der Waals surface area contributed by atoms with Crippen molar-refractivity contribution in [3.63, 3.8) is 0 Å². The maximum atomic E-state index is 13.3. The highest BCUT2D eigenvalue weighted by Gasteiger charge is 2.75. The Morgan fingerprint density at radius 2 is 1.88 bits per heavy atom. The van der Waals surface area contributed by atoms with Crippen molar-refractivity contribution in [2.75, 3.05) is 0 Å². The van der Waals surface area contributed by atoms with E-state index in [4.69, 9.17) is 0 Å². The molecule has 1 aliphatic heterocycles. The van der Waals surface area contributed by atoms with Crippen LogP contribution < -0.4 is 0 Å². The fourth-order valence-electron chi connectivity index (χ4n) is 7.10. The quantitative estimate of drug-likeness (QED) is 0.693. The molecule has 0 N–H and O–H groups in total. The van der Waals surface area contributed by atoms with E-state index in [1.165, 1.54) is 49.0 Å². The van der Waals surface area contributed by atoms with E-state index in [1.54, 1.807) is 0 Å². The fraction of sp³-hybridized carbons (Fsp3) is 0.696. The highest BCUT2D eigenvalue weighted by molar-refractivity contribution is 7.97. The van der Waals surface area contributed by atoms with Gasteiger partial charge < -0.3 is 0 Å². The summed E-state index contributed by atoms with van der Waals surface area (Å²) in [5.74, 6) is 3.36. The van der Waals surface area contributed by atoms with Crippen molar-refractivity contribution >= 4 is 16.7 Å². The van der Waals surface area contributed by atoms with Crippen LogP contribution in [0.5, 0.6) is 0 Å². The molecule has 3 saturated carbocycles. The first-order chi connectivity index (χ1) is 11.9. The van der Waals surface area contributed by atoms with E-state index in [-0.39, 0.29) is 10.8 Å². The number of ketones is 1. The van der Waals surface area contributed by atoms with Crippen molar-refractivity contribution in [3.05, 3.63) is 35.4 Å². The van der Waals surface area contributed by atoms with Crippen LogP contribution in [0.3, 0.4) is 0 Å². The molecule has 1 aromatic rings. The van der Waals surface area contributed by atoms with Crippen LogP contribution in [0.15, 0.2) is 24.3 Å². The minimum absolute atomic E-state index is 0.0192. The second kappa shape index (κ2) is 5.38. The first kappa shape index (κ1) is 16.4. The number of Topliss-reactive ketones (excluding diaryl/α,β-unsaturated/α-hetero) is 1. The normalized spacial score (nSPS) is 44.0. The maximum absolute atomic E-state index is 13.3. The molecular weight excluding hydrogens is 324 g/mol. The summed E-state index contributed by atoms with van der Waals surface area (Å²) >= 11 is 0. The Bertz CT molecular complexity index is 705. The average Bonchev–Trinajstić information content (AvgIpc) is 3.28. The predicted molar refractivity (Wildman–Crippen MR) is 106 cm³/mol. The molecule has 5 rings (SSSR count). The number of hydrogen-bond acceptors (Lipinski definition) is 1. The van der Waals surface area contributed by atoms with Gasteiger partial charge >= 0.3 is 0 Å². The highest BCUT2D eigenvalue weighted by atomic mass is 32.2. The van der Waals surface area contributed by atoms with E-state index >= 15 is 0 Å². The Balaban J connectivity index is 1.53. The molecule has 3 aliphatic carbocycles. The Morgan fingerprint density at radius 1 is 1.12 bits per heavy atom. The minimum Gasteiger partial charge on any atom is -0.299 e. The summed E-state index contributed by atoms with van der Waals surface area (Å²) in [7, 11) is 0.399. The zero-order chi connectivity index (χ0) is 17.4. The molecule has 1 nitrogen and oxygen atoms in total. The van der Waals surface area contributed by atoms with Crippen LogP contribution in [0.1, 0.15) is 63.5 Å². The number of hydrogen-bond donors (Lipinski definition) is 0. The van der Waals surface area contributed by atoms with Gasteiger partial charge in [0.15, 0.2) is 0 Å². The summed E-state index contributed by atoms with van der Waals surface area (Å²) in [6, 6.07) is 9.19. The van der Waals surface area contributed by atoms with Crippen LogP contribution >= 0.6 is 0 Å². The minimum atomic E-state index is 0.0192. The molecular formula is C23H31OS+. The van der Waals surface area contributed by atoms with Crippen LogP contribution in [0.2, 0.25) is 0 Å². The molecule has 4 aliphatic rings. The third kappa shape index (κ3) is 2.07. The lowest BCUT2D eigenvalue weighted by Crippen LogP contribution is -2.53. The Hall–Kier alpha value is -0.760. The van der Waals surface area contributed by atoms with Crippen LogP contribution in [-0.4, -0.2) is 16.3 Å². The second-order valence-electron chi connectivity index (χ2n) is 9.77. The van der Waals surface area contributed by atoms with Crippen LogP contribution in [0, 0.1) is 29.6 Å². The molecule has 4 fully saturated rings. The SMILES string of the molecule is Cc1ccc(C[S+]2[C@H]3CC[C@H](C3)[C@H]2[C@]23CC[C@H](CC2=O)C3(C)C)cc1. The Kier molecular flexibility index (Phi) is 3.53. The predicted octanol–water partition coefficient (Wildman–Crippen LogP) is 5.06. The number of carbonyl (C=O) groups excluding carboxylic acids is 1. The summed E-state index contributed by atoms with van der Waals surface area (Å²) in [5.41, 5.74) is 3.10. The molecule has 134 valence electrons.